The molecule has 2 nitrogen and oxygen atoms in total. The minimum atomic E-state index is -0.287. The van der Waals surface area contributed by atoms with Gasteiger partial charge in [0.2, 0.25) is 0 Å². The minimum Gasteiger partial charge on any atom is -0.330 e. The number of aryl methyl sites for hydroxylation is 3. The number of imidazole rings is 1. The van der Waals surface area contributed by atoms with E-state index in [4.69, 9.17) is 12.2 Å². The van der Waals surface area contributed by atoms with E-state index in [2.05, 4.69) is 52.1 Å². The van der Waals surface area contributed by atoms with E-state index in [1.54, 1.807) is 6.07 Å². The number of aromatic nitrogens is 2. The molecule has 0 atom stereocenters. The molecule has 0 saturated heterocycles. The Kier molecular flexibility index (Phi) is 3.95. The molecule has 3 rings (SSSR count). The predicted octanol–water partition coefficient (Wildman–Crippen LogP) is 5.15. The number of halogens is 2. The van der Waals surface area contributed by atoms with Gasteiger partial charge in [-0.15, -0.1) is 0 Å². The Morgan fingerprint density at radius 1 is 1.29 bits per heavy atom. The van der Waals surface area contributed by atoms with Gasteiger partial charge in [0.25, 0.3) is 0 Å². The Bertz CT molecular complexity index is 866. The number of nitrogens with zero attached hydrogens (tertiary/aromatic N) is 1. The van der Waals surface area contributed by atoms with Gasteiger partial charge in [-0.1, -0.05) is 29.8 Å². The summed E-state index contributed by atoms with van der Waals surface area (Å²) in [4.78, 5) is 3.06. The van der Waals surface area contributed by atoms with Crippen molar-refractivity contribution in [1.29, 1.82) is 0 Å². The van der Waals surface area contributed by atoms with Crippen molar-refractivity contribution in [2.75, 3.05) is 0 Å². The van der Waals surface area contributed by atoms with Crippen LogP contribution in [0.2, 0.25) is 0 Å². The lowest BCUT2D eigenvalue weighted by Gasteiger charge is -2.06. The van der Waals surface area contributed by atoms with Crippen molar-refractivity contribution in [3.8, 4) is 0 Å². The maximum atomic E-state index is 13.6. The van der Waals surface area contributed by atoms with Crippen LogP contribution in [-0.4, -0.2) is 9.55 Å². The third-order valence-corrected chi connectivity index (χ3v) is 4.45. The fraction of sp³-hybridized carbons (Fsp3) is 0.188. The second kappa shape index (κ2) is 5.73. The highest BCUT2D eigenvalue weighted by molar-refractivity contribution is 9.10. The van der Waals surface area contributed by atoms with Gasteiger partial charge in [0.1, 0.15) is 5.82 Å². The molecule has 2 aromatic carbocycles. The first-order valence-electron chi connectivity index (χ1n) is 6.68. The topological polar surface area (TPSA) is 20.7 Å². The van der Waals surface area contributed by atoms with Crippen LogP contribution in [0, 0.1) is 17.5 Å². The average molecular weight is 365 g/mol. The first kappa shape index (κ1) is 14.5. The minimum absolute atomic E-state index is 0.287. The number of benzene rings is 2. The van der Waals surface area contributed by atoms with Gasteiger partial charge < -0.3 is 9.55 Å². The highest BCUT2D eigenvalue weighted by Crippen LogP contribution is 2.23. The highest BCUT2D eigenvalue weighted by atomic mass is 79.9. The van der Waals surface area contributed by atoms with Crippen molar-refractivity contribution in [3.63, 3.8) is 0 Å². The van der Waals surface area contributed by atoms with E-state index in [-0.39, 0.29) is 5.82 Å². The number of rotatable bonds is 3. The van der Waals surface area contributed by atoms with E-state index in [0.717, 1.165) is 24.0 Å². The number of hydrogen-bond acceptors (Lipinski definition) is 1. The Morgan fingerprint density at radius 2 is 2.10 bits per heavy atom. The van der Waals surface area contributed by atoms with Gasteiger partial charge in [0.15, 0.2) is 4.77 Å². The monoisotopic (exact) mass is 364 g/mol. The zero-order chi connectivity index (χ0) is 15.0. The van der Waals surface area contributed by atoms with Crippen molar-refractivity contribution in [2.45, 2.75) is 19.9 Å². The van der Waals surface area contributed by atoms with Gasteiger partial charge >= 0.3 is 0 Å². The predicted molar refractivity (Wildman–Crippen MR) is 89.7 cm³/mol. The Morgan fingerprint density at radius 3 is 2.86 bits per heavy atom. The van der Waals surface area contributed by atoms with E-state index in [1.165, 1.54) is 17.2 Å². The number of hydrogen-bond donors (Lipinski definition) is 1. The first-order chi connectivity index (χ1) is 10.0. The van der Waals surface area contributed by atoms with E-state index in [1.807, 2.05) is 4.57 Å². The molecule has 0 aliphatic heterocycles. The molecule has 5 heteroatoms. The first-order valence-corrected chi connectivity index (χ1v) is 7.88. The van der Waals surface area contributed by atoms with Gasteiger partial charge in [-0.05, 0) is 53.1 Å². The van der Waals surface area contributed by atoms with Gasteiger partial charge in [-0.2, -0.15) is 0 Å². The van der Waals surface area contributed by atoms with Gasteiger partial charge in [-0.25, -0.2) is 4.39 Å². The molecule has 21 heavy (non-hydrogen) atoms. The van der Waals surface area contributed by atoms with Gasteiger partial charge in [0, 0.05) is 12.6 Å². The van der Waals surface area contributed by atoms with Crippen LogP contribution < -0.4 is 0 Å². The van der Waals surface area contributed by atoms with Crippen LogP contribution in [0.3, 0.4) is 0 Å². The third kappa shape index (κ3) is 2.94. The van der Waals surface area contributed by atoms with Crippen molar-refractivity contribution in [3.05, 3.63) is 62.6 Å². The van der Waals surface area contributed by atoms with Crippen LogP contribution in [0.25, 0.3) is 11.0 Å². The number of H-pyrrole nitrogens is 1. The molecule has 3 aromatic rings. The van der Waals surface area contributed by atoms with Gasteiger partial charge in [-0.3, -0.25) is 0 Å². The second-order valence-electron chi connectivity index (χ2n) is 5.10. The Balaban J connectivity index is 1.95. The van der Waals surface area contributed by atoms with Crippen LogP contribution >= 0.6 is 28.1 Å². The molecule has 0 aliphatic carbocycles. The van der Waals surface area contributed by atoms with Crippen molar-refractivity contribution in [2.24, 2.45) is 0 Å². The summed E-state index contributed by atoms with van der Waals surface area (Å²) in [6.45, 7) is 2.85. The standard InChI is InChI=1S/C16H14BrFN2S/c1-10-3-2-4-11(7-10)5-6-20-15-8-12(17)13(18)9-14(15)19-16(20)21/h2-4,7-9H,5-6H2,1H3,(H,19,21). The number of aromatic amines is 1. The summed E-state index contributed by atoms with van der Waals surface area (Å²) in [5.41, 5.74) is 4.16. The molecule has 1 heterocycles. The summed E-state index contributed by atoms with van der Waals surface area (Å²) >= 11 is 8.58. The third-order valence-electron chi connectivity index (χ3n) is 3.52. The van der Waals surface area contributed by atoms with Crippen LogP contribution in [0.4, 0.5) is 4.39 Å². The fourth-order valence-electron chi connectivity index (χ4n) is 2.48. The highest BCUT2D eigenvalue weighted by Gasteiger charge is 2.09. The molecule has 0 amide bonds. The Labute approximate surface area is 135 Å². The second-order valence-corrected chi connectivity index (χ2v) is 6.35. The van der Waals surface area contributed by atoms with Crippen molar-refractivity contribution < 1.29 is 4.39 Å². The smallest absolute Gasteiger partial charge is 0.178 e. The zero-order valence-electron chi connectivity index (χ0n) is 11.5. The molecular formula is C16H14BrFN2S. The number of fused-ring (bicyclic) bond motifs is 1. The van der Waals surface area contributed by atoms with Crippen LogP contribution in [0.1, 0.15) is 11.1 Å². The van der Waals surface area contributed by atoms with Crippen LogP contribution in [0.5, 0.6) is 0 Å². The van der Waals surface area contributed by atoms with Crippen LogP contribution in [0.15, 0.2) is 40.9 Å². The SMILES string of the molecule is Cc1cccc(CCn2c(=S)[nH]c3cc(F)c(Br)cc32)c1. The zero-order valence-corrected chi connectivity index (χ0v) is 13.9. The van der Waals surface area contributed by atoms with E-state index < -0.39 is 0 Å². The molecule has 1 aromatic heterocycles. The molecular weight excluding hydrogens is 351 g/mol. The molecule has 0 spiro atoms. The van der Waals surface area contributed by atoms with Crippen LogP contribution in [-0.2, 0) is 13.0 Å². The van der Waals surface area contributed by atoms with Crippen molar-refractivity contribution >= 4 is 39.2 Å². The molecule has 108 valence electrons. The fourth-order valence-corrected chi connectivity index (χ4v) is 3.11. The van der Waals surface area contributed by atoms with E-state index in [0.29, 0.717) is 9.24 Å². The molecule has 0 saturated carbocycles. The molecule has 1 N–H and O–H groups in total. The molecule has 0 fully saturated rings. The summed E-state index contributed by atoms with van der Waals surface area (Å²) in [6, 6.07) is 11.7. The normalized spacial score (nSPS) is 11.2. The maximum Gasteiger partial charge on any atom is 0.178 e. The average Bonchev–Trinajstić information content (AvgIpc) is 2.72. The summed E-state index contributed by atoms with van der Waals surface area (Å²) in [5.74, 6) is -0.287. The van der Waals surface area contributed by atoms with Gasteiger partial charge in [0.05, 0.1) is 15.5 Å². The molecule has 0 radical (unpaired) electrons. The molecule has 0 aliphatic rings. The summed E-state index contributed by atoms with van der Waals surface area (Å²) < 4.78 is 16.7. The van der Waals surface area contributed by atoms with E-state index >= 15 is 0 Å². The molecule has 0 unspecified atom stereocenters. The summed E-state index contributed by atoms with van der Waals surface area (Å²) in [6.07, 6.45) is 0.887. The van der Waals surface area contributed by atoms with E-state index in [9.17, 15) is 4.39 Å². The van der Waals surface area contributed by atoms with Crippen molar-refractivity contribution in [1.82, 2.24) is 9.55 Å². The number of nitrogens with one attached hydrogen (secondary N) is 1. The summed E-state index contributed by atoms with van der Waals surface area (Å²) in [5, 5.41) is 0. The maximum absolute atomic E-state index is 13.6. The summed E-state index contributed by atoms with van der Waals surface area (Å²) in [7, 11) is 0. The lowest BCUT2D eigenvalue weighted by atomic mass is 10.1. The lowest BCUT2D eigenvalue weighted by molar-refractivity contribution is 0.622. The Hall–Kier alpha value is -1.46. The largest absolute Gasteiger partial charge is 0.330 e. The quantitative estimate of drug-likeness (QED) is 0.637. The molecule has 0 bridgehead atoms. The lowest BCUT2D eigenvalue weighted by Crippen LogP contribution is -2.01.